The summed E-state index contributed by atoms with van der Waals surface area (Å²) >= 11 is 6.33. The van der Waals surface area contributed by atoms with Crippen molar-refractivity contribution in [2.75, 3.05) is 10.6 Å². The number of aromatic nitrogens is 3. The lowest BCUT2D eigenvalue weighted by atomic mass is 10.1. The number of nitrogens with zero attached hydrogens (tertiary/aromatic N) is 3. The highest BCUT2D eigenvalue weighted by Gasteiger charge is 2.10. The quantitative estimate of drug-likeness (QED) is 0.671. The zero-order valence-electron chi connectivity index (χ0n) is 14.4. The van der Waals surface area contributed by atoms with Crippen LogP contribution in [0.25, 0.3) is 0 Å². The van der Waals surface area contributed by atoms with Crippen LogP contribution in [0.4, 0.5) is 17.5 Å². The maximum absolute atomic E-state index is 6.33. The molecule has 3 rings (SSSR count). The van der Waals surface area contributed by atoms with Gasteiger partial charge in [0.05, 0.1) is 16.9 Å². The number of halogens is 1. The van der Waals surface area contributed by atoms with Crippen molar-refractivity contribution >= 4 is 29.1 Å². The summed E-state index contributed by atoms with van der Waals surface area (Å²) in [6.07, 6.45) is 1.61. The van der Waals surface area contributed by atoms with Crippen molar-refractivity contribution in [3.05, 3.63) is 70.4 Å². The molecule has 128 valence electrons. The number of benzene rings is 2. The van der Waals surface area contributed by atoms with Crippen LogP contribution in [-0.2, 0) is 0 Å². The van der Waals surface area contributed by atoms with Gasteiger partial charge in [-0.15, -0.1) is 5.10 Å². The molecule has 0 aliphatic heterocycles. The third-order valence-corrected chi connectivity index (χ3v) is 4.19. The van der Waals surface area contributed by atoms with Crippen LogP contribution in [-0.4, -0.2) is 15.2 Å². The molecule has 0 aliphatic rings. The van der Waals surface area contributed by atoms with Gasteiger partial charge in [0.15, 0.2) is 5.82 Å². The summed E-state index contributed by atoms with van der Waals surface area (Å²) in [6, 6.07) is 14.2. The molecule has 1 atom stereocenters. The second kappa shape index (κ2) is 7.49. The molecule has 2 N–H and O–H groups in total. The van der Waals surface area contributed by atoms with Gasteiger partial charge < -0.3 is 10.6 Å². The van der Waals surface area contributed by atoms with Crippen LogP contribution in [0.3, 0.4) is 0 Å². The van der Waals surface area contributed by atoms with Crippen molar-refractivity contribution < 1.29 is 0 Å². The Morgan fingerprint density at radius 3 is 2.56 bits per heavy atom. The molecule has 1 unspecified atom stereocenters. The highest BCUT2D eigenvalue weighted by molar-refractivity contribution is 6.33. The first kappa shape index (κ1) is 17.2. The lowest BCUT2D eigenvalue weighted by molar-refractivity contribution is 0.861. The number of aryl methyl sites for hydroxylation is 2. The third kappa shape index (κ3) is 4.25. The van der Waals surface area contributed by atoms with Gasteiger partial charge in [-0.3, -0.25) is 0 Å². The highest BCUT2D eigenvalue weighted by atomic mass is 35.5. The zero-order valence-corrected chi connectivity index (χ0v) is 15.2. The summed E-state index contributed by atoms with van der Waals surface area (Å²) in [5.74, 6) is 1.05. The summed E-state index contributed by atoms with van der Waals surface area (Å²) in [5, 5.41) is 15.2. The Hall–Kier alpha value is -2.66. The smallest absolute Gasteiger partial charge is 0.249 e. The molecular weight excluding hydrogens is 334 g/mol. The van der Waals surface area contributed by atoms with Gasteiger partial charge in [-0.2, -0.15) is 10.1 Å². The minimum atomic E-state index is 0.107. The molecule has 1 heterocycles. The minimum Gasteiger partial charge on any atom is -0.362 e. The van der Waals surface area contributed by atoms with Gasteiger partial charge in [-0.25, -0.2) is 0 Å². The van der Waals surface area contributed by atoms with E-state index < -0.39 is 0 Å². The Morgan fingerprint density at radius 2 is 1.84 bits per heavy atom. The van der Waals surface area contributed by atoms with Crippen molar-refractivity contribution in [3.8, 4) is 0 Å². The topological polar surface area (TPSA) is 62.7 Å². The largest absolute Gasteiger partial charge is 0.362 e. The minimum absolute atomic E-state index is 0.107. The molecule has 0 saturated carbocycles. The Bertz CT molecular complexity index is 844. The van der Waals surface area contributed by atoms with E-state index in [1.54, 1.807) is 6.20 Å². The Labute approximate surface area is 152 Å². The first-order valence-corrected chi connectivity index (χ1v) is 8.45. The van der Waals surface area contributed by atoms with Crippen molar-refractivity contribution in [1.82, 2.24) is 15.2 Å². The van der Waals surface area contributed by atoms with E-state index in [9.17, 15) is 0 Å². The first-order valence-electron chi connectivity index (χ1n) is 8.08. The van der Waals surface area contributed by atoms with Gasteiger partial charge in [0.1, 0.15) is 0 Å². The molecular formula is C19H20ClN5. The van der Waals surface area contributed by atoms with Crippen molar-refractivity contribution in [3.63, 3.8) is 0 Å². The number of nitrogens with one attached hydrogen (secondary N) is 2. The van der Waals surface area contributed by atoms with Gasteiger partial charge in [0.25, 0.3) is 0 Å². The highest BCUT2D eigenvalue weighted by Crippen LogP contribution is 2.29. The molecule has 0 fully saturated rings. The van der Waals surface area contributed by atoms with Crippen LogP contribution in [0.2, 0.25) is 5.02 Å². The zero-order chi connectivity index (χ0) is 17.8. The average Bonchev–Trinajstić information content (AvgIpc) is 2.59. The summed E-state index contributed by atoms with van der Waals surface area (Å²) in [4.78, 5) is 4.48. The molecule has 5 nitrogen and oxygen atoms in total. The third-order valence-electron chi connectivity index (χ3n) is 3.89. The predicted molar refractivity (Wildman–Crippen MR) is 103 cm³/mol. The number of hydrogen-bond acceptors (Lipinski definition) is 5. The predicted octanol–water partition coefficient (Wildman–Crippen LogP) is 5.06. The summed E-state index contributed by atoms with van der Waals surface area (Å²) < 4.78 is 0. The van der Waals surface area contributed by atoms with Crippen molar-refractivity contribution in [2.45, 2.75) is 26.8 Å². The van der Waals surface area contributed by atoms with Gasteiger partial charge in [0.2, 0.25) is 5.95 Å². The van der Waals surface area contributed by atoms with E-state index in [4.69, 9.17) is 11.6 Å². The number of hydrogen-bond donors (Lipinski definition) is 2. The Balaban J connectivity index is 1.78. The van der Waals surface area contributed by atoms with Gasteiger partial charge in [-0.05, 0) is 43.5 Å². The average molecular weight is 354 g/mol. The Morgan fingerprint density at radius 1 is 1.08 bits per heavy atom. The van der Waals surface area contributed by atoms with Crippen LogP contribution in [0, 0.1) is 13.8 Å². The molecule has 1 aromatic heterocycles. The molecule has 0 spiro atoms. The summed E-state index contributed by atoms with van der Waals surface area (Å²) in [5.41, 5.74) is 4.11. The molecule has 0 amide bonds. The second-order valence-corrected chi connectivity index (χ2v) is 6.41. The van der Waals surface area contributed by atoms with Crippen LogP contribution in [0.1, 0.15) is 29.7 Å². The summed E-state index contributed by atoms with van der Waals surface area (Å²) in [7, 11) is 0. The van der Waals surface area contributed by atoms with Crippen LogP contribution >= 0.6 is 11.6 Å². The Kier molecular flexibility index (Phi) is 5.14. The molecule has 25 heavy (non-hydrogen) atoms. The fourth-order valence-electron chi connectivity index (χ4n) is 2.66. The molecule has 0 saturated heterocycles. The lowest BCUT2D eigenvalue weighted by Crippen LogP contribution is -2.10. The van der Waals surface area contributed by atoms with E-state index >= 15 is 0 Å². The SMILES string of the molecule is Cc1cc(C)c(Nc2nncc(NC(C)c3ccccc3)n2)c(Cl)c1. The molecule has 2 aromatic carbocycles. The van der Waals surface area contributed by atoms with Crippen LogP contribution < -0.4 is 10.6 Å². The van der Waals surface area contributed by atoms with Crippen molar-refractivity contribution in [1.29, 1.82) is 0 Å². The first-order chi connectivity index (χ1) is 12.0. The molecule has 0 radical (unpaired) electrons. The number of rotatable bonds is 5. The monoisotopic (exact) mass is 353 g/mol. The maximum Gasteiger partial charge on any atom is 0.249 e. The fourth-order valence-corrected chi connectivity index (χ4v) is 3.03. The maximum atomic E-state index is 6.33. The van der Waals surface area contributed by atoms with E-state index in [1.807, 2.05) is 38.1 Å². The fraction of sp³-hybridized carbons (Fsp3) is 0.211. The van der Waals surface area contributed by atoms with Gasteiger partial charge in [-0.1, -0.05) is 48.0 Å². The standard InChI is InChI=1S/C19H20ClN5/c1-12-9-13(2)18(16(20)10-12)24-19-23-17(11-21-25-19)22-14(3)15-7-5-4-6-8-15/h4-11,14H,1-3H3,(H2,22,23,24,25). The molecule has 3 aromatic rings. The van der Waals surface area contributed by atoms with E-state index in [0.717, 1.165) is 16.8 Å². The second-order valence-electron chi connectivity index (χ2n) is 6.01. The number of anilines is 3. The normalized spacial score (nSPS) is 11.8. The van der Waals surface area contributed by atoms with Crippen LogP contribution in [0.15, 0.2) is 48.7 Å². The van der Waals surface area contributed by atoms with E-state index in [0.29, 0.717) is 16.8 Å². The van der Waals surface area contributed by atoms with E-state index in [1.165, 1.54) is 5.56 Å². The lowest BCUT2D eigenvalue weighted by Gasteiger charge is -2.15. The van der Waals surface area contributed by atoms with Gasteiger partial charge >= 0.3 is 0 Å². The van der Waals surface area contributed by atoms with E-state index in [2.05, 4.69) is 50.9 Å². The van der Waals surface area contributed by atoms with Crippen molar-refractivity contribution in [2.24, 2.45) is 0 Å². The molecule has 0 aliphatic carbocycles. The molecule has 6 heteroatoms. The molecule has 0 bridgehead atoms. The van der Waals surface area contributed by atoms with Crippen LogP contribution in [0.5, 0.6) is 0 Å². The van der Waals surface area contributed by atoms with Gasteiger partial charge in [0, 0.05) is 6.04 Å². The summed E-state index contributed by atoms with van der Waals surface area (Å²) in [6.45, 7) is 6.08. The van der Waals surface area contributed by atoms with E-state index in [-0.39, 0.29) is 6.04 Å².